The summed E-state index contributed by atoms with van der Waals surface area (Å²) in [5, 5.41) is 0. The van der Waals surface area contributed by atoms with Crippen molar-refractivity contribution in [1.82, 2.24) is 13.1 Å². The molecule has 0 radical (unpaired) electrons. The van der Waals surface area contributed by atoms with Gasteiger partial charge in [-0.25, -0.2) is 8.42 Å². The van der Waals surface area contributed by atoms with Crippen LogP contribution in [0.1, 0.15) is 18.4 Å². The Balaban J connectivity index is 1.69. The van der Waals surface area contributed by atoms with Crippen LogP contribution in [0.25, 0.3) is 11.0 Å². The molecule has 0 N–H and O–H groups in total. The van der Waals surface area contributed by atoms with Crippen LogP contribution in [-0.4, -0.2) is 34.1 Å². The van der Waals surface area contributed by atoms with E-state index in [1.165, 1.54) is 0 Å². The average molecular weight is 359 g/mol. The normalized spacial score (nSPS) is 19.1. The molecule has 24 heavy (non-hydrogen) atoms. The van der Waals surface area contributed by atoms with Gasteiger partial charge in [-0.1, -0.05) is 36.4 Å². The summed E-state index contributed by atoms with van der Waals surface area (Å²) in [7, 11) is -3.57. The van der Waals surface area contributed by atoms with Crippen molar-refractivity contribution in [2.75, 3.05) is 6.54 Å². The van der Waals surface area contributed by atoms with Gasteiger partial charge < -0.3 is 0 Å². The van der Waals surface area contributed by atoms with Crippen molar-refractivity contribution < 1.29 is 8.42 Å². The molecule has 1 atom stereocenters. The fourth-order valence-electron chi connectivity index (χ4n) is 3.33. The van der Waals surface area contributed by atoms with Crippen molar-refractivity contribution in [1.29, 1.82) is 0 Å². The first-order valence-corrected chi connectivity index (χ1v) is 10.1. The van der Waals surface area contributed by atoms with Crippen LogP contribution >= 0.6 is 11.7 Å². The minimum absolute atomic E-state index is 0.000693. The van der Waals surface area contributed by atoms with E-state index >= 15 is 0 Å². The Hall–Kier alpha value is -1.83. The number of rotatable bonds is 4. The molecule has 0 saturated carbocycles. The number of fused-ring (bicyclic) bond motifs is 1. The molecule has 2 aromatic carbocycles. The minimum Gasteiger partial charge on any atom is -0.207 e. The molecule has 5 nitrogen and oxygen atoms in total. The zero-order valence-corrected chi connectivity index (χ0v) is 14.6. The van der Waals surface area contributed by atoms with E-state index in [0.29, 0.717) is 17.6 Å². The van der Waals surface area contributed by atoms with E-state index in [0.717, 1.165) is 36.6 Å². The molecule has 3 aromatic rings. The van der Waals surface area contributed by atoms with Crippen molar-refractivity contribution in [3.63, 3.8) is 0 Å². The van der Waals surface area contributed by atoms with Gasteiger partial charge in [-0.3, -0.25) is 0 Å². The molecule has 0 spiro atoms. The third-order valence-corrected chi connectivity index (χ3v) is 7.00. The fourth-order valence-corrected chi connectivity index (χ4v) is 5.78. The van der Waals surface area contributed by atoms with Gasteiger partial charge in [0, 0.05) is 12.6 Å². The number of sulfonamides is 1. The first kappa shape index (κ1) is 15.7. The second kappa shape index (κ2) is 6.23. The molecule has 4 rings (SSSR count). The maximum atomic E-state index is 13.2. The topological polar surface area (TPSA) is 63.2 Å². The van der Waals surface area contributed by atoms with Gasteiger partial charge in [-0.05, 0) is 37.0 Å². The molecular weight excluding hydrogens is 342 g/mol. The third-order valence-electron chi connectivity index (χ3n) is 4.47. The van der Waals surface area contributed by atoms with E-state index in [4.69, 9.17) is 0 Å². The van der Waals surface area contributed by atoms with Gasteiger partial charge in [-0.15, -0.1) is 0 Å². The molecule has 1 aromatic heterocycles. The van der Waals surface area contributed by atoms with Gasteiger partial charge in [0.2, 0.25) is 10.0 Å². The molecule has 0 aliphatic carbocycles. The Morgan fingerprint density at radius 2 is 1.92 bits per heavy atom. The molecule has 1 fully saturated rings. The summed E-state index contributed by atoms with van der Waals surface area (Å²) >= 11 is 1.05. The minimum atomic E-state index is -3.57. The van der Waals surface area contributed by atoms with Crippen molar-refractivity contribution in [2.45, 2.75) is 30.2 Å². The first-order valence-electron chi connectivity index (χ1n) is 7.93. The van der Waals surface area contributed by atoms with Crippen LogP contribution in [0, 0.1) is 0 Å². The maximum absolute atomic E-state index is 13.2. The summed E-state index contributed by atoms with van der Waals surface area (Å²) in [5.41, 5.74) is 2.28. The zero-order chi connectivity index (χ0) is 16.6. The lowest BCUT2D eigenvalue weighted by molar-refractivity contribution is 0.386. The quantitative estimate of drug-likeness (QED) is 0.718. The summed E-state index contributed by atoms with van der Waals surface area (Å²) in [6.07, 6.45) is 2.52. The van der Waals surface area contributed by atoms with Crippen molar-refractivity contribution >= 4 is 32.8 Å². The molecule has 7 heteroatoms. The summed E-state index contributed by atoms with van der Waals surface area (Å²) in [6, 6.07) is 15.2. The second-order valence-corrected chi connectivity index (χ2v) is 8.38. The zero-order valence-electron chi connectivity index (χ0n) is 13.0. The highest BCUT2D eigenvalue weighted by Gasteiger charge is 2.36. The van der Waals surface area contributed by atoms with Crippen LogP contribution in [0.4, 0.5) is 0 Å². The lowest BCUT2D eigenvalue weighted by Gasteiger charge is -2.24. The Morgan fingerprint density at radius 3 is 2.75 bits per heavy atom. The molecular formula is C17H17N3O2S2. The molecule has 1 aliphatic rings. The van der Waals surface area contributed by atoms with Crippen molar-refractivity contribution in [2.24, 2.45) is 0 Å². The van der Waals surface area contributed by atoms with Crippen LogP contribution in [0.5, 0.6) is 0 Å². The Bertz CT molecular complexity index is 954. The number of aromatic nitrogens is 2. The molecule has 2 heterocycles. The molecule has 0 amide bonds. The predicted octanol–water partition coefficient (Wildman–Crippen LogP) is 3.09. The van der Waals surface area contributed by atoms with Gasteiger partial charge in [0.1, 0.15) is 15.9 Å². The van der Waals surface area contributed by atoms with E-state index in [1.54, 1.807) is 22.5 Å². The number of benzene rings is 2. The molecule has 1 saturated heterocycles. The van der Waals surface area contributed by atoms with Crippen LogP contribution in [0.15, 0.2) is 53.4 Å². The highest BCUT2D eigenvalue weighted by atomic mass is 32.2. The Morgan fingerprint density at radius 1 is 1.08 bits per heavy atom. The SMILES string of the molecule is O=S(=O)(c1cccc2nsnc12)N1CCC[C@H]1Cc1ccccc1. The summed E-state index contributed by atoms with van der Waals surface area (Å²) in [6.45, 7) is 0.563. The Kier molecular flexibility index (Phi) is 4.07. The van der Waals surface area contributed by atoms with Crippen LogP contribution in [0.3, 0.4) is 0 Å². The van der Waals surface area contributed by atoms with Gasteiger partial charge in [0.15, 0.2) is 0 Å². The van der Waals surface area contributed by atoms with Crippen LogP contribution < -0.4 is 0 Å². The van der Waals surface area contributed by atoms with Gasteiger partial charge in [-0.2, -0.15) is 13.1 Å². The smallest absolute Gasteiger partial charge is 0.207 e. The standard InChI is InChI=1S/C17H17N3O2S2/c21-24(22,16-10-4-9-15-17(16)19-23-18-15)20-11-5-8-14(20)12-13-6-2-1-3-7-13/h1-4,6-7,9-10,14H,5,8,11-12H2/t14-/m0/s1. The van der Waals surface area contributed by atoms with Crippen LogP contribution in [-0.2, 0) is 16.4 Å². The predicted molar refractivity (Wildman–Crippen MR) is 94.5 cm³/mol. The van der Waals surface area contributed by atoms with Crippen LogP contribution in [0.2, 0.25) is 0 Å². The highest BCUT2D eigenvalue weighted by Crippen LogP contribution is 2.31. The summed E-state index contributed by atoms with van der Waals surface area (Å²) in [5.74, 6) is 0. The number of hydrogen-bond acceptors (Lipinski definition) is 5. The van der Waals surface area contributed by atoms with E-state index in [9.17, 15) is 8.42 Å². The Labute approximate surface area is 145 Å². The highest BCUT2D eigenvalue weighted by molar-refractivity contribution is 7.89. The van der Waals surface area contributed by atoms with E-state index in [2.05, 4.69) is 8.75 Å². The second-order valence-electron chi connectivity index (χ2n) is 5.99. The maximum Gasteiger partial charge on any atom is 0.245 e. The molecule has 1 aliphatic heterocycles. The molecule has 124 valence electrons. The lowest BCUT2D eigenvalue weighted by Crippen LogP contribution is -2.36. The molecule has 0 unspecified atom stereocenters. The lowest BCUT2D eigenvalue weighted by atomic mass is 10.1. The largest absolute Gasteiger partial charge is 0.245 e. The number of nitrogens with zero attached hydrogens (tertiary/aromatic N) is 3. The summed E-state index contributed by atoms with van der Waals surface area (Å²) < 4.78 is 36.4. The van der Waals surface area contributed by atoms with E-state index in [-0.39, 0.29) is 10.9 Å². The van der Waals surface area contributed by atoms with E-state index < -0.39 is 10.0 Å². The third kappa shape index (κ3) is 2.72. The average Bonchev–Trinajstić information content (AvgIpc) is 3.24. The molecule has 0 bridgehead atoms. The van der Waals surface area contributed by atoms with Crippen molar-refractivity contribution in [3.8, 4) is 0 Å². The van der Waals surface area contributed by atoms with E-state index in [1.807, 2.05) is 30.3 Å². The van der Waals surface area contributed by atoms with Crippen molar-refractivity contribution in [3.05, 3.63) is 54.1 Å². The monoisotopic (exact) mass is 359 g/mol. The first-order chi connectivity index (χ1) is 11.7. The van der Waals surface area contributed by atoms with Gasteiger partial charge >= 0.3 is 0 Å². The summed E-state index contributed by atoms with van der Waals surface area (Å²) in [4.78, 5) is 0.272. The van der Waals surface area contributed by atoms with Gasteiger partial charge in [0.05, 0.1) is 11.7 Å². The van der Waals surface area contributed by atoms with Gasteiger partial charge in [0.25, 0.3) is 0 Å². The number of hydrogen-bond donors (Lipinski definition) is 0. The fraction of sp³-hybridized carbons (Fsp3) is 0.294.